The predicted molar refractivity (Wildman–Crippen MR) is 130 cm³/mol. The maximum Gasteiger partial charge on any atom is 0.191 e. The molecule has 0 amide bonds. The van der Waals surface area contributed by atoms with Crippen LogP contribution >= 0.6 is 35.6 Å². The number of nitrogens with one attached hydrogen (secondary N) is 2. The van der Waals surface area contributed by atoms with Gasteiger partial charge in [0.15, 0.2) is 11.8 Å². The molecule has 1 saturated carbocycles. The van der Waals surface area contributed by atoms with Crippen molar-refractivity contribution in [3.05, 3.63) is 46.5 Å². The van der Waals surface area contributed by atoms with Crippen molar-refractivity contribution in [3.8, 4) is 0 Å². The van der Waals surface area contributed by atoms with Gasteiger partial charge in [0.25, 0.3) is 0 Å². The number of aliphatic imine (C=N–C) groups is 1. The number of hydrogen-bond donors (Lipinski definition) is 2. The summed E-state index contributed by atoms with van der Waals surface area (Å²) in [4.78, 5) is 9.47. The van der Waals surface area contributed by atoms with E-state index in [1.54, 1.807) is 7.11 Å². The summed E-state index contributed by atoms with van der Waals surface area (Å²) in [5.74, 6) is 2.65. The minimum absolute atomic E-state index is 0. The van der Waals surface area contributed by atoms with Crippen molar-refractivity contribution in [2.24, 2.45) is 4.99 Å². The van der Waals surface area contributed by atoms with Crippen LogP contribution in [0.4, 0.5) is 0 Å². The van der Waals surface area contributed by atoms with E-state index in [-0.39, 0.29) is 35.4 Å². The molecule has 1 aliphatic carbocycles. The van der Waals surface area contributed by atoms with Gasteiger partial charge in [-0.2, -0.15) is 5.10 Å². The van der Waals surface area contributed by atoms with Crippen LogP contribution < -0.4 is 10.6 Å². The fourth-order valence-electron chi connectivity index (χ4n) is 3.92. The molecule has 1 aromatic heterocycles. The Morgan fingerprint density at radius 2 is 2.23 bits per heavy atom. The van der Waals surface area contributed by atoms with Crippen molar-refractivity contribution in [2.45, 2.75) is 57.2 Å². The Morgan fingerprint density at radius 3 is 2.93 bits per heavy atom. The van der Waals surface area contributed by atoms with Crippen molar-refractivity contribution in [1.82, 2.24) is 25.4 Å². The predicted octanol–water partition coefficient (Wildman–Crippen LogP) is 3.30. The minimum Gasteiger partial charge on any atom is -0.377 e. The largest absolute Gasteiger partial charge is 0.377 e. The Morgan fingerprint density at radius 1 is 1.40 bits per heavy atom. The Kier molecular flexibility index (Phi) is 7.98. The number of nitrogens with zero attached hydrogens (tertiary/aromatic N) is 4. The summed E-state index contributed by atoms with van der Waals surface area (Å²) < 4.78 is 7.14. The first kappa shape index (κ1) is 23.3. The average molecular weight is 545 g/mol. The van der Waals surface area contributed by atoms with E-state index in [1.807, 2.05) is 16.8 Å². The third-order valence-electron chi connectivity index (χ3n) is 5.69. The number of aromatic nitrogens is 3. The lowest BCUT2D eigenvalue weighted by molar-refractivity contribution is 0.177. The number of methoxy groups -OCH3 is 1. The normalized spacial score (nSPS) is 19.6. The van der Waals surface area contributed by atoms with Gasteiger partial charge in [-0.1, -0.05) is 23.7 Å². The molecule has 0 radical (unpaired) electrons. The fraction of sp³-hybridized carbons (Fsp3) is 0.571. The fourth-order valence-corrected chi connectivity index (χ4v) is 4.11. The van der Waals surface area contributed by atoms with Crippen LogP contribution in [0.15, 0.2) is 29.3 Å². The second kappa shape index (κ2) is 10.3. The van der Waals surface area contributed by atoms with Crippen LogP contribution in [0.5, 0.6) is 0 Å². The summed E-state index contributed by atoms with van der Waals surface area (Å²) in [6.07, 6.45) is 4.23. The zero-order chi connectivity index (χ0) is 20.3. The van der Waals surface area contributed by atoms with Crippen LogP contribution in [0, 0.1) is 0 Å². The molecule has 2 heterocycles. The number of hydrogen-bond acceptors (Lipinski definition) is 4. The zero-order valence-electron chi connectivity index (χ0n) is 17.5. The number of rotatable bonds is 7. The zero-order valence-corrected chi connectivity index (χ0v) is 20.6. The van der Waals surface area contributed by atoms with Gasteiger partial charge >= 0.3 is 0 Å². The average Bonchev–Trinajstić information content (AvgIpc) is 3.40. The summed E-state index contributed by atoms with van der Waals surface area (Å²) in [6.45, 7) is 4.93. The highest BCUT2D eigenvalue weighted by molar-refractivity contribution is 14.0. The van der Waals surface area contributed by atoms with Crippen LogP contribution in [-0.2, 0) is 29.7 Å². The van der Waals surface area contributed by atoms with E-state index in [2.05, 4.69) is 39.8 Å². The molecule has 0 bridgehead atoms. The lowest BCUT2D eigenvalue weighted by Gasteiger charge is -2.25. The van der Waals surface area contributed by atoms with E-state index in [1.165, 1.54) is 5.56 Å². The highest BCUT2D eigenvalue weighted by Crippen LogP contribution is 2.48. The molecule has 164 valence electrons. The van der Waals surface area contributed by atoms with Crippen LogP contribution in [0.1, 0.15) is 43.4 Å². The maximum atomic E-state index is 6.20. The highest BCUT2D eigenvalue weighted by atomic mass is 127. The second-order valence-corrected chi connectivity index (χ2v) is 8.36. The summed E-state index contributed by atoms with van der Waals surface area (Å²) in [5.41, 5.74) is 1.42. The number of ether oxygens (including phenoxy) is 1. The lowest BCUT2D eigenvalue weighted by Crippen LogP contribution is -2.47. The topological polar surface area (TPSA) is 76.4 Å². The molecule has 30 heavy (non-hydrogen) atoms. The Bertz CT molecular complexity index is 882. The summed E-state index contributed by atoms with van der Waals surface area (Å²) in [5, 5.41) is 12.3. The van der Waals surface area contributed by atoms with Crippen LogP contribution in [0.25, 0.3) is 0 Å². The van der Waals surface area contributed by atoms with Gasteiger partial charge < -0.3 is 15.4 Å². The molecule has 4 rings (SSSR count). The highest BCUT2D eigenvalue weighted by Gasteiger charge is 2.44. The van der Waals surface area contributed by atoms with E-state index in [4.69, 9.17) is 21.3 Å². The van der Waals surface area contributed by atoms with Crippen molar-refractivity contribution in [2.75, 3.05) is 20.2 Å². The van der Waals surface area contributed by atoms with Gasteiger partial charge in [-0.3, -0.25) is 4.99 Å². The number of benzene rings is 1. The molecular formula is C21H30ClIN6O. The van der Waals surface area contributed by atoms with Crippen molar-refractivity contribution in [1.29, 1.82) is 0 Å². The molecule has 1 fully saturated rings. The molecule has 2 aromatic rings. The summed E-state index contributed by atoms with van der Waals surface area (Å²) >= 11 is 6.20. The van der Waals surface area contributed by atoms with Crippen molar-refractivity contribution in [3.63, 3.8) is 0 Å². The van der Waals surface area contributed by atoms with Gasteiger partial charge in [0.05, 0.1) is 13.1 Å². The molecule has 2 N–H and O–H groups in total. The van der Waals surface area contributed by atoms with Crippen LogP contribution in [0.3, 0.4) is 0 Å². The molecule has 9 heteroatoms. The van der Waals surface area contributed by atoms with Crippen molar-refractivity contribution < 1.29 is 4.74 Å². The minimum atomic E-state index is 0. The van der Waals surface area contributed by atoms with E-state index >= 15 is 0 Å². The van der Waals surface area contributed by atoms with E-state index in [9.17, 15) is 0 Å². The van der Waals surface area contributed by atoms with Gasteiger partial charge in [-0.05, 0) is 43.9 Å². The molecule has 1 aliphatic heterocycles. The summed E-state index contributed by atoms with van der Waals surface area (Å²) in [7, 11) is 1.67. The number of fused-ring (bicyclic) bond motifs is 1. The molecule has 0 spiro atoms. The first-order chi connectivity index (χ1) is 14.1. The number of guanidine groups is 1. The molecule has 7 nitrogen and oxygen atoms in total. The molecule has 1 unspecified atom stereocenters. The van der Waals surface area contributed by atoms with E-state index in [0.717, 1.165) is 67.9 Å². The van der Waals surface area contributed by atoms with Gasteiger partial charge in [0.2, 0.25) is 0 Å². The molecule has 1 aromatic carbocycles. The molecular weight excluding hydrogens is 515 g/mol. The van der Waals surface area contributed by atoms with E-state index in [0.29, 0.717) is 6.61 Å². The van der Waals surface area contributed by atoms with Gasteiger partial charge in [-0.15, -0.1) is 24.0 Å². The first-order valence-electron chi connectivity index (χ1n) is 10.3. The lowest BCUT2D eigenvalue weighted by atomic mass is 9.96. The second-order valence-electron chi connectivity index (χ2n) is 7.93. The van der Waals surface area contributed by atoms with Gasteiger partial charge in [0.1, 0.15) is 12.4 Å². The molecule has 1 atom stereocenters. The van der Waals surface area contributed by atoms with Crippen LogP contribution in [-0.4, -0.2) is 47.0 Å². The third-order valence-corrected chi connectivity index (χ3v) is 5.93. The molecule has 0 saturated heterocycles. The standard InChI is InChI=1S/C21H29ClN6O.HI/c1-3-23-20(24-14-21(9-10-21)15-5-4-6-16(22)11-15)25-17-7-8-19-26-18(13-29-2)27-28(19)12-17;/h4-6,11,17H,3,7-10,12-14H2,1-2H3,(H2,23,24,25);1H. The van der Waals surface area contributed by atoms with Crippen molar-refractivity contribution >= 4 is 41.5 Å². The number of aryl methyl sites for hydroxylation is 1. The smallest absolute Gasteiger partial charge is 0.191 e. The summed E-state index contributed by atoms with van der Waals surface area (Å²) in [6, 6.07) is 8.48. The Balaban J connectivity index is 0.00000256. The monoisotopic (exact) mass is 544 g/mol. The van der Waals surface area contributed by atoms with Crippen LogP contribution in [0.2, 0.25) is 5.02 Å². The third kappa shape index (κ3) is 5.45. The SMILES string of the molecule is CCNC(=NCC1(c2cccc(Cl)c2)CC1)NC1CCc2nc(COC)nn2C1.I. The maximum absolute atomic E-state index is 6.20. The quantitative estimate of drug-likeness (QED) is 0.318. The van der Waals surface area contributed by atoms with Gasteiger partial charge in [-0.25, -0.2) is 9.67 Å². The van der Waals surface area contributed by atoms with E-state index < -0.39 is 0 Å². The molecule has 2 aliphatic rings. The first-order valence-corrected chi connectivity index (χ1v) is 10.7. The number of halogens is 2. The Hall–Kier alpha value is -1.39. The Labute approximate surface area is 200 Å². The van der Waals surface area contributed by atoms with Gasteiger partial charge in [0, 0.05) is 36.6 Å².